The van der Waals surface area contributed by atoms with E-state index in [1.54, 1.807) is 0 Å². The van der Waals surface area contributed by atoms with Crippen LogP contribution in [0.5, 0.6) is 0 Å². The van der Waals surface area contributed by atoms with Gasteiger partial charge in [0, 0.05) is 23.7 Å². The number of rotatable bonds is 2. The van der Waals surface area contributed by atoms with Crippen molar-refractivity contribution in [3.05, 3.63) is 143 Å². The molecule has 0 aliphatic heterocycles. The molecule has 0 saturated heterocycles. The third-order valence-electron chi connectivity index (χ3n) is 9.12. The Kier molecular flexibility index (Phi) is 4.06. The second kappa shape index (κ2) is 7.24. The summed E-state index contributed by atoms with van der Waals surface area (Å²) in [5.74, 6) is -0.936. The minimum atomic E-state index is -0.366. The zero-order valence-corrected chi connectivity index (χ0v) is 19.7. The van der Waals surface area contributed by atoms with Crippen molar-refractivity contribution >= 4 is 22.7 Å². The quantitative estimate of drug-likeness (QED) is 0.339. The molecule has 4 aromatic rings. The molecule has 5 aliphatic rings. The predicted molar refractivity (Wildman–Crippen MR) is 140 cm³/mol. The zero-order valence-electron chi connectivity index (χ0n) is 19.7. The molecule has 0 amide bonds. The van der Waals surface area contributed by atoms with Gasteiger partial charge in [0.1, 0.15) is 11.6 Å². The van der Waals surface area contributed by atoms with Crippen molar-refractivity contribution in [2.45, 2.75) is 11.8 Å². The molecule has 2 unspecified atom stereocenters. The van der Waals surface area contributed by atoms with E-state index < -0.39 is 0 Å². The molecule has 0 aromatic heterocycles. The first-order valence-electron chi connectivity index (χ1n) is 12.9. The number of carbonyl (C=O) groups excluding carboxylic acids is 2. The van der Waals surface area contributed by atoms with E-state index in [0.29, 0.717) is 0 Å². The Morgan fingerprint density at radius 2 is 0.667 bits per heavy atom. The van der Waals surface area contributed by atoms with Crippen LogP contribution in [0.1, 0.15) is 45.2 Å². The Morgan fingerprint density at radius 3 is 1.00 bits per heavy atom. The Morgan fingerprint density at radius 1 is 0.361 bits per heavy atom. The maximum atomic E-state index is 14.6. The lowest BCUT2D eigenvalue weighted by molar-refractivity contribution is -0.146. The Bertz CT molecular complexity index is 1430. The highest BCUT2D eigenvalue weighted by Crippen LogP contribution is 2.66. The fourth-order valence-corrected chi connectivity index (χ4v) is 7.87. The Balaban J connectivity index is 1.36. The summed E-state index contributed by atoms with van der Waals surface area (Å²) in [6, 6.07) is 37.4. The van der Waals surface area contributed by atoms with Gasteiger partial charge in [-0.2, -0.15) is 0 Å². The van der Waals surface area contributed by atoms with Crippen molar-refractivity contribution in [2.24, 2.45) is 23.7 Å². The molecule has 0 spiro atoms. The molecule has 9 rings (SSSR count). The van der Waals surface area contributed by atoms with Gasteiger partial charge in [0.2, 0.25) is 0 Å². The summed E-state index contributed by atoms with van der Waals surface area (Å²) in [7, 11) is 0. The third kappa shape index (κ3) is 2.42. The van der Waals surface area contributed by atoms with Gasteiger partial charge >= 0.3 is 0 Å². The molecular formula is C34H24O2. The minimum absolute atomic E-state index is 0.0531. The van der Waals surface area contributed by atoms with E-state index in [2.05, 4.69) is 72.8 Å². The van der Waals surface area contributed by atoms with E-state index in [4.69, 9.17) is 0 Å². The molecule has 4 atom stereocenters. The van der Waals surface area contributed by atoms with E-state index in [9.17, 15) is 9.59 Å². The highest BCUT2D eigenvalue weighted by atomic mass is 16.1. The summed E-state index contributed by atoms with van der Waals surface area (Å²) >= 11 is 0. The molecule has 36 heavy (non-hydrogen) atoms. The van der Waals surface area contributed by atoms with E-state index >= 15 is 0 Å². The van der Waals surface area contributed by atoms with Crippen LogP contribution in [-0.4, -0.2) is 11.6 Å². The van der Waals surface area contributed by atoms with Crippen molar-refractivity contribution < 1.29 is 9.59 Å². The molecule has 1 fully saturated rings. The molecule has 4 aromatic carbocycles. The lowest BCUT2D eigenvalue weighted by Crippen LogP contribution is -2.59. The van der Waals surface area contributed by atoms with Crippen molar-refractivity contribution in [3.63, 3.8) is 0 Å². The van der Waals surface area contributed by atoms with E-state index in [0.717, 1.165) is 22.3 Å². The van der Waals surface area contributed by atoms with Crippen LogP contribution in [0.3, 0.4) is 0 Å². The molecular weight excluding hydrogens is 440 g/mol. The normalized spacial score (nSPS) is 29.1. The van der Waals surface area contributed by atoms with E-state index in [1.807, 2.05) is 36.4 Å². The summed E-state index contributed by atoms with van der Waals surface area (Å²) < 4.78 is 0. The largest absolute Gasteiger partial charge is 0.299 e. The molecule has 0 radical (unpaired) electrons. The van der Waals surface area contributed by atoms with Crippen LogP contribution in [-0.2, 0) is 9.59 Å². The van der Waals surface area contributed by atoms with Gasteiger partial charge in [-0.3, -0.25) is 9.59 Å². The summed E-state index contributed by atoms with van der Waals surface area (Å²) in [5.41, 5.74) is 9.13. The number of fused-ring (bicyclic) bond motifs is 1. The first-order chi connectivity index (χ1) is 17.8. The second-order valence-electron chi connectivity index (χ2n) is 10.6. The first-order valence-corrected chi connectivity index (χ1v) is 12.9. The fourth-order valence-electron chi connectivity index (χ4n) is 7.87. The second-order valence-corrected chi connectivity index (χ2v) is 10.6. The van der Waals surface area contributed by atoms with Gasteiger partial charge in [-0.1, -0.05) is 109 Å². The highest BCUT2D eigenvalue weighted by molar-refractivity contribution is 6.22. The van der Waals surface area contributed by atoms with Crippen LogP contribution in [0.15, 0.2) is 109 Å². The SMILES string of the molecule is O=C1C2C3c4ccccc4C(c4ccccc43)[C@@H]2C(=O)C2C(c3ccccc3)=C(c3ccccc3)[C@@H]12. The lowest BCUT2D eigenvalue weighted by atomic mass is 9.43. The van der Waals surface area contributed by atoms with Crippen LogP contribution >= 0.6 is 0 Å². The molecule has 2 nitrogen and oxygen atoms in total. The van der Waals surface area contributed by atoms with Gasteiger partial charge in [0.05, 0.1) is 11.8 Å². The van der Waals surface area contributed by atoms with Crippen molar-refractivity contribution in [2.75, 3.05) is 0 Å². The number of Topliss-reactive ketones (excluding diaryl/α,β-unsaturated/α-hetero) is 2. The standard InChI is InChI=1S/C34H24O2/c35-33-29-25(19-11-3-1-4-12-19)26(20-13-5-2-6-14-20)30(29)34(36)32-28-23-17-9-7-15-21(23)27(31(32)33)22-16-8-10-18-24(22)28/h1-18,27-32H/t27?,28?,29-,30?,31?,32+/m1/s1. The smallest absolute Gasteiger partial charge is 0.146 e. The zero-order chi connectivity index (χ0) is 24.0. The van der Waals surface area contributed by atoms with Crippen molar-refractivity contribution in [1.82, 2.24) is 0 Å². The number of benzene rings is 4. The molecule has 2 heteroatoms. The topological polar surface area (TPSA) is 34.1 Å². The molecule has 2 bridgehead atoms. The van der Waals surface area contributed by atoms with Crippen LogP contribution in [0.4, 0.5) is 0 Å². The summed E-state index contributed by atoms with van der Waals surface area (Å²) in [4.78, 5) is 29.1. The average molecular weight is 465 g/mol. The van der Waals surface area contributed by atoms with E-state index in [1.165, 1.54) is 22.3 Å². The van der Waals surface area contributed by atoms with Crippen LogP contribution < -0.4 is 0 Å². The Hall–Kier alpha value is -4.04. The molecule has 172 valence electrons. The average Bonchev–Trinajstić information content (AvgIpc) is 2.92. The monoisotopic (exact) mass is 464 g/mol. The fraction of sp³-hybridized carbons (Fsp3) is 0.176. The summed E-state index contributed by atoms with van der Waals surface area (Å²) in [6.07, 6.45) is 0. The molecule has 1 saturated carbocycles. The van der Waals surface area contributed by atoms with Gasteiger partial charge < -0.3 is 0 Å². The van der Waals surface area contributed by atoms with Gasteiger partial charge in [-0.25, -0.2) is 0 Å². The van der Waals surface area contributed by atoms with Crippen LogP contribution in [0, 0.1) is 23.7 Å². The summed E-state index contributed by atoms with van der Waals surface area (Å²) in [5, 5.41) is 0. The number of hydrogen-bond acceptors (Lipinski definition) is 2. The summed E-state index contributed by atoms with van der Waals surface area (Å²) in [6.45, 7) is 0. The van der Waals surface area contributed by atoms with Gasteiger partial charge in [0.15, 0.2) is 0 Å². The van der Waals surface area contributed by atoms with Crippen molar-refractivity contribution in [3.8, 4) is 0 Å². The molecule has 0 N–H and O–H groups in total. The molecule has 0 heterocycles. The predicted octanol–water partition coefficient (Wildman–Crippen LogP) is 6.52. The number of ketones is 2. The first kappa shape index (κ1) is 20.2. The van der Waals surface area contributed by atoms with Crippen LogP contribution in [0.2, 0.25) is 0 Å². The molecule has 5 aliphatic carbocycles. The van der Waals surface area contributed by atoms with Gasteiger partial charge in [-0.15, -0.1) is 0 Å². The number of allylic oxidation sites excluding steroid dienone is 2. The van der Waals surface area contributed by atoms with E-state index in [-0.39, 0.29) is 47.1 Å². The van der Waals surface area contributed by atoms with Crippen LogP contribution in [0.25, 0.3) is 11.1 Å². The maximum absolute atomic E-state index is 14.6. The highest BCUT2D eigenvalue weighted by Gasteiger charge is 2.65. The number of carbonyl (C=O) groups is 2. The van der Waals surface area contributed by atoms with Crippen molar-refractivity contribution in [1.29, 1.82) is 0 Å². The third-order valence-corrected chi connectivity index (χ3v) is 9.12. The number of hydrogen-bond donors (Lipinski definition) is 0. The lowest BCUT2D eigenvalue weighted by Gasteiger charge is -2.57. The van der Waals surface area contributed by atoms with Gasteiger partial charge in [0.25, 0.3) is 0 Å². The maximum Gasteiger partial charge on any atom is 0.146 e. The minimum Gasteiger partial charge on any atom is -0.299 e. The Labute approximate surface area is 210 Å². The van der Waals surface area contributed by atoms with Gasteiger partial charge in [-0.05, 0) is 44.5 Å².